The van der Waals surface area contributed by atoms with Gasteiger partial charge in [0.2, 0.25) is 0 Å². The van der Waals surface area contributed by atoms with Gasteiger partial charge in [-0.15, -0.1) is 5.10 Å². The fourth-order valence-corrected chi connectivity index (χ4v) is 3.65. The van der Waals surface area contributed by atoms with E-state index >= 15 is 0 Å². The lowest BCUT2D eigenvalue weighted by Gasteiger charge is -2.28. The molecule has 0 saturated heterocycles. The van der Waals surface area contributed by atoms with Gasteiger partial charge < -0.3 is 4.52 Å². The molecule has 11 heteroatoms. The van der Waals surface area contributed by atoms with Crippen LogP contribution in [0.5, 0.6) is 5.75 Å². The molecule has 1 atom stereocenters. The second kappa shape index (κ2) is 8.33. The molecule has 0 bridgehead atoms. The maximum absolute atomic E-state index is 13.3. The number of para-hydroxylation sites is 1. The minimum atomic E-state index is -0.980. The van der Waals surface area contributed by atoms with E-state index in [1.165, 1.54) is 12.1 Å². The van der Waals surface area contributed by atoms with E-state index in [0.717, 1.165) is 14.9 Å². The Balaban J connectivity index is 1.50. The fraction of sp³-hybridized carbons (Fsp3) is 0.0455. The van der Waals surface area contributed by atoms with Gasteiger partial charge in [-0.1, -0.05) is 41.2 Å². The highest BCUT2D eigenvalue weighted by molar-refractivity contribution is 7.10. The highest BCUT2D eigenvalue weighted by Crippen LogP contribution is 2.26. The Morgan fingerprint density at radius 3 is 2.21 bits per heavy atom. The Hall–Kier alpha value is -4.30. The van der Waals surface area contributed by atoms with Crippen LogP contribution < -0.4 is 9.36 Å². The molecule has 164 valence electrons. The maximum atomic E-state index is 13.3. The number of hydrogen-bond donors (Lipinski definition) is 0. The number of benzene rings is 3. The van der Waals surface area contributed by atoms with Crippen LogP contribution in [0.2, 0.25) is 0 Å². The van der Waals surface area contributed by atoms with Crippen LogP contribution in [0.3, 0.4) is 0 Å². The second-order valence-corrected chi connectivity index (χ2v) is 7.33. The van der Waals surface area contributed by atoms with Gasteiger partial charge in [0.15, 0.2) is 0 Å². The van der Waals surface area contributed by atoms with Crippen molar-refractivity contribution in [2.45, 2.75) is 6.54 Å². The van der Waals surface area contributed by atoms with Crippen LogP contribution in [0.25, 0.3) is 11.0 Å². The first-order chi connectivity index (χ1) is 16.1. The average molecular weight is 461 g/mol. The molecule has 1 aliphatic rings. The summed E-state index contributed by atoms with van der Waals surface area (Å²) in [6.07, 6.45) is -0.980. The van der Waals surface area contributed by atoms with E-state index in [9.17, 15) is 14.4 Å². The van der Waals surface area contributed by atoms with Gasteiger partial charge in [-0.05, 0) is 47.2 Å². The van der Waals surface area contributed by atoms with Crippen molar-refractivity contribution in [1.82, 2.24) is 25.2 Å². The van der Waals surface area contributed by atoms with Crippen molar-refractivity contribution < 1.29 is 23.7 Å². The summed E-state index contributed by atoms with van der Waals surface area (Å²) in [5, 5.41) is 9.52. The van der Waals surface area contributed by atoms with Gasteiger partial charge in [-0.2, -0.15) is 5.01 Å². The number of rotatable bonds is 5. The molecule has 1 aromatic heterocycles. The van der Waals surface area contributed by atoms with E-state index in [1.54, 1.807) is 60.7 Å². The van der Waals surface area contributed by atoms with Crippen molar-refractivity contribution in [3.8, 4) is 5.75 Å². The van der Waals surface area contributed by atoms with Crippen molar-refractivity contribution in [2.24, 2.45) is 0 Å². The summed E-state index contributed by atoms with van der Waals surface area (Å²) in [7, 11) is 2.14. The Bertz CT molecular complexity index is 1350. The largest absolute Gasteiger partial charge is 0.480 e. The van der Waals surface area contributed by atoms with E-state index in [-0.39, 0.29) is 17.7 Å². The molecule has 0 spiro atoms. The molecular weight excluding hydrogens is 445 g/mol. The summed E-state index contributed by atoms with van der Waals surface area (Å²) >= 11 is 0. The van der Waals surface area contributed by atoms with Crippen LogP contribution >= 0.6 is 9.47 Å². The Morgan fingerprint density at radius 2 is 1.55 bits per heavy atom. The summed E-state index contributed by atoms with van der Waals surface area (Å²) in [6.45, 7) is -0.117. The van der Waals surface area contributed by atoms with Gasteiger partial charge in [0.25, 0.3) is 11.8 Å². The minimum Gasteiger partial charge on any atom is -0.480 e. The number of imide groups is 1. The van der Waals surface area contributed by atoms with E-state index < -0.39 is 17.9 Å². The average Bonchev–Trinajstić information content (AvgIpc) is 3.37. The van der Waals surface area contributed by atoms with Crippen molar-refractivity contribution in [3.63, 3.8) is 0 Å². The number of carbonyl (C=O) groups is 3. The third-order valence-corrected chi connectivity index (χ3v) is 5.37. The van der Waals surface area contributed by atoms with Crippen LogP contribution in [0.15, 0.2) is 72.8 Å². The first-order valence-electron chi connectivity index (χ1n) is 9.80. The molecular formula is C22H16N5O5P. The van der Waals surface area contributed by atoms with Gasteiger partial charge in [-0.25, -0.2) is 9.80 Å². The number of fused-ring (bicyclic) bond motifs is 2. The quantitative estimate of drug-likeness (QED) is 0.256. The van der Waals surface area contributed by atoms with Crippen molar-refractivity contribution in [2.75, 3.05) is 0 Å². The topological polar surface area (TPSA) is 107 Å². The van der Waals surface area contributed by atoms with Gasteiger partial charge in [0.05, 0.1) is 27.1 Å². The molecule has 0 aliphatic carbocycles. The molecule has 0 fully saturated rings. The Labute approximate surface area is 189 Å². The summed E-state index contributed by atoms with van der Waals surface area (Å²) in [5.41, 5.74) is 2.02. The van der Waals surface area contributed by atoms with Gasteiger partial charge in [0.1, 0.15) is 16.8 Å². The zero-order valence-electron chi connectivity index (χ0n) is 17.0. The lowest BCUT2D eigenvalue weighted by molar-refractivity contribution is -0.0105. The van der Waals surface area contributed by atoms with Gasteiger partial charge >= 0.3 is 6.09 Å². The summed E-state index contributed by atoms with van der Waals surface area (Å²) in [6, 6.07) is 20.1. The van der Waals surface area contributed by atoms with Gasteiger partial charge in [0, 0.05) is 0 Å². The van der Waals surface area contributed by atoms with E-state index in [2.05, 4.69) is 19.8 Å². The van der Waals surface area contributed by atoms with Crippen LogP contribution in [0, 0.1) is 0 Å². The van der Waals surface area contributed by atoms with Crippen molar-refractivity contribution in [3.05, 3.63) is 89.5 Å². The number of carbonyl (C=O) groups excluding carboxylic acids is 3. The molecule has 1 unspecified atom stereocenters. The van der Waals surface area contributed by atoms with Crippen LogP contribution in [0.1, 0.15) is 26.3 Å². The first kappa shape index (κ1) is 20.6. The number of hydrogen-bond acceptors (Lipinski definition) is 7. The predicted octanol–water partition coefficient (Wildman–Crippen LogP) is 2.86. The molecule has 2 heterocycles. The maximum Gasteiger partial charge on any atom is 0.455 e. The highest BCUT2D eigenvalue weighted by Gasteiger charge is 2.42. The molecule has 3 aromatic carbocycles. The number of nitrogens with zero attached hydrogens (tertiary/aromatic N) is 5. The van der Waals surface area contributed by atoms with Gasteiger partial charge in [-0.3, -0.25) is 14.4 Å². The standard InChI is InChI=1S/C22H16N5O5P/c28-20-16-5-1-2-6-17(16)21(29)26(20)25(13-14-9-11-15(32-33)12-10-14)22(30)31-27-19-8-4-3-7-18(19)23-24-27/h1-12H,13,33H2. The molecule has 0 saturated carbocycles. The van der Waals surface area contributed by atoms with Crippen LogP contribution in [-0.2, 0) is 6.54 Å². The van der Waals surface area contributed by atoms with Crippen LogP contribution in [0.4, 0.5) is 4.79 Å². The number of aromatic nitrogens is 3. The third-order valence-electron chi connectivity index (χ3n) is 5.10. The van der Waals surface area contributed by atoms with E-state index in [1.807, 2.05) is 0 Å². The number of hydrazine groups is 1. The van der Waals surface area contributed by atoms with Crippen LogP contribution in [-0.4, -0.2) is 43.1 Å². The molecule has 33 heavy (non-hydrogen) atoms. The summed E-state index contributed by atoms with van der Waals surface area (Å²) < 4.78 is 5.08. The monoisotopic (exact) mass is 461 g/mol. The Kier molecular flexibility index (Phi) is 5.20. The molecule has 10 nitrogen and oxygen atoms in total. The zero-order chi connectivity index (χ0) is 22.9. The first-order valence-corrected chi connectivity index (χ1v) is 10.3. The third kappa shape index (κ3) is 3.66. The summed E-state index contributed by atoms with van der Waals surface area (Å²) in [4.78, 5) is 45.7. The smallest absolute Gasteiger partial charge is 0.455 e. The molecule has 1 aliphatic heterocycles. The predicted molar refractivity (Wildman–Crippen MR) is 119 cm³/mol. The molecule has 0 N–H and O–H groups in total. The number of amides is 3. The SMILES string of the molecule is O=C(On1nnc2ccccc21)N(Cc1ccc(OP)cc1)N1C(=O)c2ccccc2C1=O. The fourth-order valence-electron chi connectivity index (χ4n) is 3.50. The molecule has 3 amide bonds. The van der Waals surface area contributed by atoms with E-state index in [0.29, 0.717) is 22.3 Å². The molecule has 5 rings (SSSR count). The van der Waals surface area contributed by atoms with E-state index in [4.69, 9.17) is 9.36 Å². The van der Waals surface area contributed by atoms with Crippen molar-refractivity contribution in [1.29, 1.82) is 0 Å². The lowest BCUT2D eigenvalue weighted by atomic mass is 10.1. The Morgan fingerprint density at radius 1 is 0.909 bits per heavy atom. The molecule has 0 radical (unpaired) electrons. The van der Waals surface area contributed by atoms with Crippen molar-refractivity contribution >= 4 is 38.4 Å². The normalized spacial score (nSPS) is 12.7. The highest BCUT2D eigenvalue weighted by atomic mass is 31.0. The zero-order valence-corrected chi connectivity index (χ0v) is 18.1. The molecule has 4 aromatic rings. The lowest BCUT2D eigenvalue weighted by Crippen LogP contribution is -2.51. The minimum absolute atomic E-state index is 0.117. The second-order valence-electron chi connectivity index (χ2n) is 7.10. The summed E-state index contributed by atoms with van der Waals surface area (Å²) in [5.74, 6) is -0.658.